The zero-order chi connectivity index (χ0) is 18.4. The van der Waals surface area contributed by atoms with E-state index in [2.05, 4.69) is 10.5 Å². The summed E-state index contributed by atoms with van der Waals surface area (Å²) >= 11 is 5.84. The number of hydrogen-bond acceptors (Lipinski definition) is 6. The molecule has 2 aromatic carbocycles. The standard InChI is InChI=1S/C17H16ClN3O4/c1-3-25-17(22)13-6-9-15(16(10-13)21(23)24)20-19-11(2)12-4-7-14(18)8-5-12/h4-10,20H,3H2,1-2H3/b19-11-. The molecule has 0 aromatic heterocycles. The average Bonchev–Trinajstić information content (AvgIpc) is 2.60. The van der Waals surface area contributed by atoms with Crippen molar-refractivity contribution in [2.45, 2.75) is 13.8 Å². The predicted molar refractivity (Wildman–Crippen MR) is 96.3 cm³/mol. The zero-order valence-corrected chi connectivity index (χ0v) is 14.4. The molecule has 0 saturated heterocycles. The number of nitro groups is 1. The lowest BCUT2D eigenvalue weighted by Gasteiger charge is -2.07. The molecule has 0 unspecified atom stereocenters. The summed E-state index contributed by atoms with van der Waals surface area (Å²) in [4.78, 5) is 22.4. The molecule has 7 nitrogen and oxygen atoms in total. The number of anilines is 1. The van der Waals surface area contributed by atoms with Gasteiger partial charge in [-0.15, -0.1) is 0 Å². The van der Waals surface area contributed by atoms with Crippen LogP contribution in [0.4, 0.5) is 11.4 Å². The lowest BCUT2D eigenvalue weighted by molar-refractivity contribution is -0.384. The fraction of sp³-hybridized carbons (Fsp3) is 0.176. The number of esters is 1. The van der Waals surface area contributed by atoms with Crippen molar-refractivity contribution in [2.24, 2.45) is 5.10 Å². The Balaban J connectivity index is 2.26. The molecule has 25 heavy (non-hydrogen) atoms. The van der Waals surface area contributed by atoms with Gasteiger partial charge in [0.1, 0.15) is 5.69 Å². The fourth-order valence-electron chi connectivity index (χ4n) is 2.02. The Labute approximate surface area is 149 Å². The number of carbonyl (C=O) groups excluding carboxylic acids is 1. The number of halogens is 1. The molecule has 0 spiro atoms. The van der Waals surface area contributed by atoms with Crippen molar-refractivity contribution in [3.05, 3.63) is 68.7 Å². The molecule has 0 heterocycles. The van der Waals surface area contributed by atoms with E-state index in [0.29, 0.717) is 10.7 Å². The highest BCUT2D eigenvalue weighted by atomic mass is 35.5. The van der Waals surface area contributed by atoms with Crippen molar-refractivity contribution in [2.75, 3.05) is 12.0 Å². The van der Waals surface area contributed by atoms with Crippen LogP contribution in [0.1, 0.15) is 29.8 Å². The molecule has 0 atom stereocenters. The van der Waals surface area contributed by atoms with Crippen LogP contribution in [0.3, 0.4) is 0 Å². The van der Waals surface area contributed by atoms with E-state index in [4.69, 9.17) is 16.3 Å². The molecule has 0 aliphatic rings. The third-order valence-corrected chi connectivity index (χ3v) is 3.56. The summed E-state index contributed by atoms with van der Waals surface area (Å²) in [6.45, 7) is 3.61. The molecule has 0 fully saturated rings. The molecule has 0 aliphatic heterocycles. The van der Waals surface area contributed by atoms with E-state index in [1.54, 1.807) is 38.1 Å². The summed E-state index contributed by atoms with van der Waals surface area (Å²) < 4.78 is 4.85. The molecule has 8 heteroatoms. The van der Waals surface area contributed by atoms with Crippen LogP contribution in [-0.2, 0) is 4.74 Å². The van der Waals surface area contributed by atoms with Gasteiger partial charge < -0.3 is 4.74 Å². The monoisotopic (exact) mass is 361 g/mol. The van der Waals surface area contributed by atoms with Gasteiger partial charge in [0, 0.05) is 11.1 Å². The van der Waals surface area contributed by atoms with Crippen LogP contribution in [0.5, 0.6) is 0 Å². The van der Waals surface area contributed by atoms with Gasteiger partial charge in [-0.25, -0.2) is 4.79 Å². The Morgan fingerprint density at radius 1 is 1.24 bits per heavy atom. The summed E-state index contributed by atoms with van der Waals surface area (Å²) in [7, 11) is 0. The second kappa shape index (κ2) is 8.25. The molecule has 0 aliphatic carbocycles. The average molecular weight is 362 g/mol. The van der Waals surface area contributed by atoms with E-state index in [9.17, 15) is 14.9 Å². The maximum absolute atomic E-state index is 11.7. The van der Waals surface area contributed by atoms with E-state index in [1.807, 2.05) is 0 Å². The van der Waals surface area contributed by atoms with Gasteiger partial charge >= 0.3 is 5.97 Å². The van der Waals surface area contributed by atoms with Gasteiger partial charge in [-0.05, 0) is 43.7 Å². The predicted octanol–water partition coefficient (Wildman–Crippen LogP) is 4.26. The number of hydrogen-bond donors (Lipinski definition) is 1. The first kappa shape index (κ1) is 18.4. The first-order valence-electron chi connectivity index (χ1n) is 7.44. The van der Waals surface area contributed by atoms with E-state index in [0.717, 1.165) is 11.6 Å². The Hall–Kier alpha value is -2.93. The van der Waals surface area contributed by atoms with Crippen LogP contribution in [0.2, 0.25) is 5.02 Å². The van der Waals surface area contributed by atoms with Gasteiger partial charge in [0.25, 0.3) is 5.69 Å². The second-order valence-electron chi connectivity index (χ2n) is 5.03. The maximum Gasteiger partial charge on any atom is 0.338 e. The maximum atomic E-state index is 11.7. The summed E-state index contributed by atoms with van der Waals surface area (Å²) in [6.07, 6.45) is 0. The molecule has 130 valence electrons. The Morgan fingerprint density at radius 2 is 1.88 bits per heavy atom. The van der Waals surface area contributed by atoms with Crippen molar-refractivity contribution in [3.8, 4) is 0 Å². The lowest BCUT2D eigenvalue weighted by Crippen LogP contribution is -2.07. The van der Waals surface area contributed by atoms with Crippen LogP contribution in [0.15, 0.2) is 47.6 Å². The van der Waals surface area contributed by atoms with Crippen LogP contribution in [0.25, 0.3) is 0 Å². The number of nitro benzene ring substituents is 1. The van der Waals surface area contributed by atoms with Gasteiger partial charge in [-0.3, -0.25) is 15.5 Å². The molecule has 1 N–H and O–H groups in total. The lowest BCUT2D eigenvalue weighted by atomic mass is 10.1. The minimum atomic E-state index is -0.613. The molecular formula is C17H16ClN3O4. The molecule has 0 radical (unpaired) electrons. The van der Waals surface area contributed by atoms with E-state index >= 15 is 0 Å². The number of carbonyl (C=O) groups is 1. The summed E-state index contributed by atoms with van der Waals surface area (Å²) in [5.41, 5.74) is 4.13. The minimum absolute atomic E-state index is 0.109. The first-order chi connectivity index (χ1) is 11.9. The van der Waals surface area contributed by atoms with Crippen molar-refractivity contribution in [3.63, 3.8) is 0 Å². The number of hydrazone groups is 1. The van der Waals surface area contributed by atoms with Crippen LogP contribution < -0.4 is 5.43 Å². The summed E-state index contributed by atoms with van der Waals surface area (Å²) in [5.74, 6) is -0.613. The van der Waals surface area contributed by atoms with Gasteiger partial charge in [0.2, 0.25) is 0 Å². The number of nitrogens with one attached hydrogen (secondary N) is 1. The van der Waals surface area contributed by atoms with Gasteiger partial charge in [0.15, 0.2) is 0 Å². The number of rotatable bonds is 6. The van der Waals surface area contributed by atoms with Crippen molar-refractivity contribution in [1.29, 1.82) is 0 Å². The highest BCUT2D eigenvalue weighted by Crippen LogP contribution is 2.26. The smallest absolute Gasteiger partial charge is 0.338 e. The van der Waals surface area contributed by atoms with Crippen LogP contribution in [-0.4, -0.2) is 23.2 Å². The van der Waals surface area contributed by atoms with Crippen molar-refractivity contribution >= 4 is 34.7 Å². The molecule has 0 amide bonds. The zero-order valence-electron chi connectivity index (χ0n) is 13.7. The normalized spacial score (nSPS) is 11.1. The fourth-order valence-corrected chi connectivity index (χ4v) is 2.14. The van der Waals surface area contributed by atoms with Crippen molar-refractivity contribution in [1.82, 2.24) is 0 Å². The minimum Gasteiger partial charge on any atom is -0.462 e. The Kier molecular flexibility index (Phi) is 6.08. The topological polar surface area (TPSA) is 93.8 Å². The summed E-state index contributed by atoms with van der Waals surface area (Å²) in [6, 6.07) is 11.1. The Morgan fingerprint density at radius 3 is 2.48 bits per heavy atom. The van der Waals surface area contributed by atoms with E-state index in [1.165, 1.54) is 12.1 Å². The van der Waals surface area contributed by atoms with E-state index < -0.39 is 10.9 Å². The first-order valence-corrected chi connectivity index (χ1v) is 7.82. The second-order valence-corrected chi connectivity index (χ2v) is 5.46. The highest BCUT2D eigenvalue weighted by Gasteiger charge is 2.18. The van der Waals surface area contributed by atoms with Gasteiger partial charge in [0.05, 0.1) is 22.8 Å². The number of nitrogens with zero attached hydrogens (tertiary/aromatic N) is 2. The largest absolute Gasteiger partial charge is 0.462 e. The van der Waals surface area contributed by atoms with Gasteiger partial charge in [-0.2, -0.15) is 5.10 Å². The molecule has 0 bridgehead atoms. The van der Waals surface area contributed by atoms with Gasteiger partial charge in [-0.1, -0.05) is 23.7 Å². The number of benzene rings is 2. The van der Waals surface area contributed by atoms with E-state index in [-0.39, 0.29) is 23.5 Å². The third-order valence-electron chi connectivity index (χ3n) is 3.31. The quantitative estimate of drug-likeness (QED) is 0.359. The van der Waals surface area contributed by atoms with Crippen LogP contribution >= 0.6 is 11.6 Å². The molecule has 2 aromatic rings. The van der Waals surface area contributed by atoms with Crippen LogP contribution in [0, 0.1) is 10.1 Å². The molecule has 0 saturated carbocycles. The molecular weight excluding hydrogens is 346 g/mol. The van der Waals surface area contributed by atoms with Crippen molar-refractivity contribution < 1.29 is 14.5 Å². The third kappa shape index (κ3) is 4.77. The number of ether oxygens (including phenoxy) is 1. The highest BCUT2D eigenvalue weighted by molar-refractivity contribution is 6.30. The molecule has 2 rings (SSSR count). The SMILES string of the molecule is CCOC(=O)c1ccc(N/N=C(/C)c2ccc(Cl)cc2)c([N+](=O)[O-])c1. The summed E-state index contributed by atoms with van der Waals surface area (Å²) in [5, 5.41) is 16.0. The Bertz CT molecular complexity index is 819.